The number of carbonyl (C=O) groups excluding carboxylic acids is 1. The molecule has 0 spiro atoms. The molecule has 4 aromatic rings. The summed E-state index contributed by atoms with van der Waals surface area (Å²) >= 11 is 6.21. The van der Waals surface area contributed by atoms with Crippen molar-refractivity contribution in [1.29, 1.82) is 0 Å². The van der Waals surface area contributed by atoms with Crippen LogP contribution in [0.4, 0.5) is 20.3 Å². The zero-order valence-electron chi connectivity index (χ0n) is 19.1. The van der Waals surface area contributed by atoms with Gasteiger partial charge in [-0.1, -0.05) is 23.7 Å². The number of hydrogen-bond donors (Lipinski definition) is 2. The van der Waals surface area contributed by atoms with Crippen LogP contribution in [0.25, 0.3) is 5.65 Å². The lowest BCUT2D eigenvalue weighted by molar-refractivity contribution is 0.0713. The van der Waals surface area contributed by atoms with E-state index in [1.807, 2.05) is 0 Å². The molecule has 2 aromatic carbocycles. The molecule has 1 saturated heterocycles. The van der Waals surface area contributed by atoms with Crippen LogP contribution in [0.15, 0.2) is 59.8 Å². The zero-order chi connectivity index (χ0) is 26.3. The van der Waals surface area contributed by atoms with Gasteiger partial charge in [0.2, 0.25) is 0 Å². The minimum absolute atomic E-state index is 0.00180. The van der Waals surface area contributed by atoms with Crippen LogP contribution in [0.5, 0.6) is 0 Å². The first-order valence-electron chi connectivity index (χ1n) is 11.2. The Hall–Kier alpha value is -3.61. The summed E-state index contributed by atoms with van der Waals surface area (Å²) in [6.07, 6.45) is 3.38. The van der Waals surface area contributed by atoms with Gasteiger partial charge in [0.15, 0.2) is 10.5 Å². The van der Waals surface area contributed by atoms with Crippen molar-refractivity contribution in [3.63, 3.8) is 0 Å². The largest absolute Gasteiger partial charge is 0.338 e. The molecular formula is C24H20ClF2N5O4S. The number of likely N-dealkylation sites (tertiary alicyclic amines) is 1. The monoisotopic (exact) mass is 547 g/mol. The highest BCUT2D eigenvalue weighted by atomic mass is 35.5. The van der Waals surface area contributed by atoms with Gasteiger partial charge in [-0.2, -0.15) is 18.0 Å². The molecule has 3 heterocycles. The summed E-state index contributed by atoms with van der Waals surface area (Å²) in [6, 6.07) is 9.91. The van der Waals surface area contributed by atoms with Gasteiger partial charge in [0.25, 0.3) is 16.0 Å². The molecule has 1 aliphatic rings. The lowest BCUT2D eigenvalue weighted by Gasteiger charge is -2.32. The molecule has 1 aliphatic heterocycles. The Bertz CT molecular complexity index is 1600. The number of amides is 1. The van der Waals surface area contributed by atoms with Crippen LogP contribution in [0.1, 0.15) is 34.7 Å². The molecule has 2 N–H and O–H groups in total. The van der Waals surface area contributed by atoms with Crippen LogP contribution < -0.4 is 5.32 Å². The maximum absolute atomic E-state index is 13.9. The first-order valence-corrected chi connectivity index (χ1v) is 13.0. The average Bonchev–Trinajstić information content (AvgIpc) is 3.32. The Morgan fingerprint density at radius 2 is 1.73 bits per heavy atom. The number of halogens is 3. The predicted octanol–water partition coefficient (Wildman–Crippen LogP) is 4.67. The SMILES string of the molecule is O=C(c1cnc2c(S(=O)(=O)O)cnn2c1Nc1cc(F)ccc1Cl)N1CCC(c2ccc(F)cc2)CC1. The van der Waals surface area contributed by atoms with Gasteiger partial charge in [0.1, 0.15) is 23.0 Å². The number of aromatic nitrogens is 3. The number of anilines is 2. The van der Waals surface area contributed by atoms with Crippen molar-refractivity contribution in [2.45, 2.75) is 23.7 Å². The van der Waals surface area contributed by atoms with Crippen molar-refractivity contribution in [3.05, 3.63) is 82.6 Å². The minimum atomic E-state index is -4.66. The van der Waals surface area contributed by atoms with E-state index in [4.69, 9.17) is 11.6 Å². The molecule has 0 radical (unpaired) electrons. The van der Waals surface area contributed by atoms with Crippen LogP contribution in [-0.2, 0) is 10.1 Å². The number of nitrogens with one attached hydrogen (secondary N) is 1. The fourth-order valence-corrected chi connectivity index (χ4v) is 5.13. The number of nitrogens with zero attached hydrogens (tertiary/aromatic N) is 4. The molecule has 0 unspecified atom stereocenters. The first-order chi connectivity index (χ1) is 17.6. The van der Waals surface area contributed by atoms with Crippen LogP contribution in [-0.4, -0.2) is 51.5 Å². The van der Waals surface area contributed by atoms with Crippen LogP contribution >= 0.6 is 11.6 Å². The van der Waals surface area contributed by atoms with E-state index in [1.54, 1.807) is 17.0 Å². The normalized spacial score (nSPS) is 14.8. The van der Waals surface area contributed by atoms with Gasteiger partial charge in [-0.3, -0.25) is 9.35 Å². The third-order valence-electron chi connectivity index (χ3n) is 6.31. The maximum Gasteiger partial charge on any atom is 0.299 e. The summed E-state index contributed by atoms with van der Waals surface area (Å²) in [5.74, 6) is -1.15. The van der Waals surface area contributed by atoms with E-state index in [9.17, 15) is 26.5 Å². The molecule has 1 amide bonds. The van der Waals surface area contributed by atoms with E-state index in [0.717, 1.165) is 28.4 Å². The standard InChI is InChI=1S/C24H20ClF2N5O4S/c25-19-6-5-17(27)11-20(19)30-22-18(12-28-23-21(37(34,35)36)13-29-32(22)23)24(33)31-9-7-15(8-10-31)14-1-3-16(26)4-2-14/h1-6,11-13,15,30H,7-10H2,(H,34,35,36). The van der Waals surface area contributed by atoms with E-state index in [-0.39, 0.29) is 39.5 Å². The highest BCUT2D eigenvalue weighted by Gasteiger charge is 2.29. The lowest BCUT2D eigenvalue weighted by Crippen LogP contribution is -2.38. The zero-order valence-corrected chi connectivity index (χ0v) is 20.7. The summed E-state index contributed by atoms with van der Waals surface area (Å²) < 4.78 is 61.4. The fourth-order valence-electron chi connectivity index (χ4n) is 4.41. The summed E-state index contributed by atoms with van der Waals surface area (Å²) in [5.41, 5.74) is 0.915. The third-order valence-corrected chi connectivity index (χ3v) is 7.48. The molecular weight excluding hydrogens is 528 g/mol. The maximum atomic E-state index is 13.9. The van der Waals surface area contributed by atoms with Gasteiger partial charge >= 0.3 is 0 Å². The molecule has 37 heavy (non-hydrogen) atoms. The van der Waals surface area contributed by atoms with Gasteiger partial charge in [0.05, 0.1) is 16.9 Å². The number of fused-ring (bicyclic) bond motifs is 1. The lowest BCUT2D eigenvalue weighted by atomic mass is 9.89. The van der Waals surface area contributed by atoms with Gasteiger partial charge in [-0.25, -0.2) is 13.8 Å². The topological polar surface area (TPSA) is 117 Å². The minimum Gasteiger partial charge on any atom is -0.338 e. The van der Waals surface area contributed by atoms with Crippen molar-refractivity contribution >= 4 is 44.8 Å². The number of carbonyl (C=O) groups is 1. The summed E-state index contributed by atoms with van der Waals surface area (Å²) in [5, 5.41) is 7.02. The molecule has 0 aliphatic carbocycles. The highest BCUT2D eigenvalue weighted by Crippen LogP contribution is 2.32. The number of piperidine rings is 1. The first kappa shape index (κ1) is 25.1. The Labute approximate surface area is 215 Å². The average molecular weight is 548 g/mol. The Morgan fingerprint density at radius 3 is 2.41 bits per heavy atom. The molecule has 1 fully saturated rings. The summed E-state index contributed by atoms with van der Waals surface area (Å²) in [4.78, 5) is 18.7. The van der Waals surface area contributed by atoms with E-state index in [2.05, 4.69) is 15.4 Å². The molecule has 2 aromatic heterocycles. The van der Waals surface area contributed by atoms with Gasteiger partial charge < -0.3 is 10.2 Å². The van der Waals surface area contributed by atoms with Gasteiger partial charge in [-0.05, 0) is 54.7 Å². The van der Waals surface area contributed by atoms with Crippen LogP contribution in [0, 0.1) is 11.6 Å². The number of rotatable bonds is 5. The molecule has 13 heteroatoms. The Kier molecular flexibility index (Phi) is 6.56. The Balaban J connectivity index is 1.50. The fraction of sp³-hybridized carbons (Fsp3) is 0.208. The van der Waals surface area contributed by atoms with Crippen LogP contribution in [0.3, 0.4) is 0 Å². The molecule has 9 nitrogen and oxygen atoms in total. The second-order valence-electron chi connectivity index (χ2n) is 8.61. The molecule has 0 atom stereocenters. The molecule has 5 rings (SSSR count). The molecule has 0 saturated carbocycles. The molecule has 192 valence electrons. The van der Waals surface area contributed by atoms with Crippen molar-refractivity contribution in [2.75, 3.05) is 18.4 Å². The smallest absolute Gasteiger partial charge is 0.299 e. The van der Waals surface area contributed by atoms with E-state index >= 15 is 0 Å². The van der Waals surface area contributed by atoms with Crippen molar-refractivity contribution in [1.82, 2.24) is 19.5 Å². The van der Waals surface area contributed by atoms with Gasteiger partial charge in [0, 0.05) is 19.3 Å². The van der Waals surface area contributed by atoms with Crippen molar-refractivity contribution < 1.29 is 26.5 Å². The van der Waals surface area contributed by atoms with Crippen molar-refractivity contribution in [3.8, 4) is 0 Å². The second-order valence-corrected chi connectivity index (χ2v) is 10.4. The highest BCUT2D eigenvalue weighted by molar-refractivity contribution is 7.86. The van der Waals surface area contributed by atoms with E-state index in [0.29, 0.717) is 25.9 Å². The van der Waals surface area contributed by atoms with Crippen LogP contribution in [0.2, 0.25) is 5.02 Å². The quantitative estimate of drug-likeness (QED) is 0.349. The van der Waals surface area contributed by atoms with E-state index < -0.39 is 26.7 Å². The van der Waals surface area contributed by atoms with Gasteiger partial charge in [-0.15, -0.1) is 0 Å². The predicted molar refractivity (Wildman–Crippen MR) is 132 cm³/mol. The second kappa shape index (κ2) is 9.69. The van der Waals surface area contributed by atoms with Crippen molar-refractivity contribution in [2.24, 2.45) is 0 Å². The third kappa shape index (κ3) is 4.99. The number of hydrogen-bond acceptors (Lipinski definition) is 6. The molecule has 0 bridgehead atoms. The number of benzene rings is 2. The summed E-state index contributed by atoms with van der Waals surface area (Å²) in [7, 11) is -4.66. The Morgan fingerprint density at radius 1 is 1.05 bits per heavy atom. The van der Waals surface area contributed by atoms with E-state index in [1.165, 1.54) is 24.4 Å². The summed E-state index contributed by atoms with van der Waals surface area (Å²) in [6.45, 7) is 0.822.